The molecular weight excluding hydrogens is 440 g/mol. The molecule has 0 radical (unpaired) electrons. The van der Waals surface area contributed by atoms with Crippen LogP contribution in [0, 0.1) is 0 Å². The molecule has 34 heavy (non-hydrogen) atoms. The second-order valence-corrected chi connectivity index (χ2v) is 8.41. The lowest BCUT2D eigenvalue weighted by atomic mass is 10.0. The lowest BCUT2D eigenvalue weighted by Gasteiger charge is -2.30. The number of aromatic nitrogens is 2. The van der Waals surface area contributed by atoms with Gasteiger partial charge >= 0.3 is 5.97 Å². The highest BCUT2D eigenvalue weighted by Gasteiger charge is 2.39. The van der Waals surface area contributed by atoms with Crippen LogP contribution in [0.1, 0.15) is 31.0 Å². The Kier molecular flexibility index (Phi) is 8.36. The van der Waals surface area contributed by atoms with E-state index in [9.17, 15) is 24.3 Å². The zero-order chi connectivity index (χ0) is 24.7. The van der Waals surface area contributed by atoms with Crippen molar-refractivity contribution in [2.24, 2.45) is 5.73 Å². The standard InChI is InChI=1S/C23H30N6O5/c1-14(24)20(30)27-17(10-15-6-3-2-4-7-15)22(32)29-9-5-8-19(29)21(31)28-18(23(33)34)11-16-12-25-13-26-16/h2-4,6-7,12-14,17-19H,5,8-11,24H2,1H3,(H,25,26)(H,27,30)(H,28,31)(H,33,34). The number of aliphatic carboxylic acids is 1. The van der Waals surface area contributed by atoms with Gasteiger partial charge < -0.3 is 31.4 Å². The first-order valence-corrected chi connectivity index (χ1v) is 11.2. The maximum Gasteiger partial charge on any atom is 0.326 e. The third-order valence-corrected chi connectivity index (χ3v) is 5.74. The third kappa shape index (κ3) is 6.41. The summed E-state index contributed by atoms with van der Waals surface area (Å²) in [5.74, 6) is -2.62. The van der Waals surface area contributed by atoms with Crippen LogP contribution < -0.4 is 16.4 Å². The second-order valence-electron chi connectivity index (χ2n) is 8.41. The number of carbonyl (C=O) groups excluding carboxylic acids is 3. The summed E-state index contributed by atoms with van der Waals surface area (Å²) in [6, 6.07) is 5.49. The predicted octanol–water partition coefficient (Wildman–Crippen LogP) is -0.413. The largest absolute Gasteiger partial charge is 0.480 e. The molecule has 1 fully saturated rings. The highest BCUT2D eigenvalue weighted by Crippen LogP contribution is 2.20. The van der Waals surface area contributed by atoms with E-state index in [1.54, 1.807) is 0 Å². The van der Waals surface area contributed by atoms with E-state index >= 15 is 0 Å². The van der Waals surface area contributed by atoms with E-state index in [1.807, 2.05) is 30.3 Å². The first-order valence-electron chi connectivity index (χ1n) is 11.2. The summed E-state index contributed by atoms with van der Waals surface area (Å²) in [6.45, 7) is 1.85. The van der Waals surface area contributed by atoms with Crippen LogP contribution in [0.2, 0.25) is 0 Å². The van der Waals surface area contributed by atoms with E-state index in [2.05, 4.69) is 20.6 Å². The van der Waals surface area contributed by atoms with Crippen LogP contribution in [0.5, 0.6) is 0 Å². The lowest BCUT2D eigenvalue weighted by Crippen LogP contribution is -2.57. The average molecular weight is 471 g/mol. The zero-order valence-corrected chi connectivity index (χ0v) is 18.9. The van der Waals surface area contributed by atoms with Crippen LogP contribution in [0.4, 0.5) is 0 Å². The molecule has 2 aromatic rings. The molecule has 11 heteroatoms. The average Bonchev–Trinajstić information content (AvgIpc) is 3.50. The van der Waals surface area contributed by atoms with Crippen molar-refractivity contribution < 1.29 is 24.3 Å². The van der Waals surface area contributed by atoms with Crippen LogP contribution in [0.25, 0.3) is 0 Å². The summed E-state index contributed by atoms with van der Waals surface area (Å²) in [5, 5.41) is 14.8. The van der Waals surface area contributed by atoms with E-state index in [4.69, 9.17) is 5.73 Å². The van der Waals surface area contributed by atoms with Gasteiger partial charge in [-0.2, -0.15) is 0 Å². The van der Waals surface area contributed by atoms with Crippen molar-refractivity contribution in [3.63, 3.8) is 0 Å². The molecule has 11 nitrogen and oxygen atoms in total. The second kappa shape index (κ2) is 11.4. The molecule has 4 atom stereocenters. The van der Waals surface area contributed by atoms with Crippen molar-refractivity contribution in [3.8, 4) is 0 Å². The molecular formula is C23H30N6O5. The number of nitrogens with two attached hydrogens (primary N) is 1. The van der Waals surface area contributed by atoms with Gasteiger partial charge in [-0.3, -0.25) is 14.4 Å². The van der Waals surface area contributed by atoms with Gasteiger partial charge in [0.2, 0.25) is 17.7 Å². The van der Waals surface area contributed by atoms with Crippen LogP contribution in [-0.4, -0.2) is 74.4 Å². The van der Waals surface area contributed by atoms with E-state index in [1.165, 1.54) is 24.3 Å². The molecule has 6 N–H and O–H groups in total. The number of nitrogens with one attached hydrogen (secondary N) is 3. The maximum atomic E-state index is 13.5. The minimum atomic E-state index is -1.19. The normalized spacial score (nSPS) is 18.1. The highest BCUT2D eigenvalue weighted by atomic mass is 16.4. The topological polar surface area (TPSA) is 171 Å². The van der Waals surface area contributed by atoms with Gasteiger partial charge in [-0.05, 0) is 25.3 Å². The summed E-state index contributed by atoms with van der Waals surface area (Å²) in [4.78, 5) is 58.6. The summed E-state index contributed by atoms with van der Waals surface area (Å²) in [6.07, 6.45) is 4.16. The maximum absolute atomic E-state index is 13.5. The zero-order valence-electron chi connectivity index (χ0n) is 18.9. The molecule has 0 spiro atoms. The summed E-state index contributed by atoms with van der Waals surface area (Å²) < 4.78 is 0. The number of imidazole rings is 1. The Bertz CT molecular complexity index is 995. The van der Waals surface area contributed by atoms with Gasteiger partial charge in [0.25, 0.3) is 0 Å². The summed E-state index contributed by atoms with van der Waals surface area (Å²) in [7, 11) is 0. The molecule has 2 heterocycles. The highest BCUT2D eigenvalue weighted by molar-refractivity contribution is 5.94. The number of amides is 3. The summed E-state index contributed by atoms with van der Waals surface area (Å²) in [5.41, 5.74) is 7.09. The van der Waals surface area contributed by atoms with Crippen molar-refractivity contribution in [3.05, 3.63) is 54.1 Å². The molecule has 4 unspecified atom stereocenters. The molecule has 0 saturated carbocycles. The fraction of sp³-hybridized carbons (Fsp3) is 0.435. The van der Waals surface area contributed by atoms with Crippen molar-refractivity contribution in [2.45, 2.75) is 56.8 Å². The van der Waals surface area contributed by atoms with Gasteiger partial charge in [0.15, 0.2) is 0 Å². The van der Waals surface area contributed by atoms with Gasteiger partial charge in [0.05, 0.1) is 12.4 Å². The fourth-order valence-corrected chi connectivity index (χ4v) is 3.94. The van der Waals surface area contributed by atoms with Crippen LogP contribution in [0.15, 0.2) is 42.9 Å². The van der Waals surface area contributed by atoms with Crippen molar-refractivity contribution in [2.75, 3.05) is 6.54 Å². The minimum Gasteiger partial charge on any atom is -0.480 e. The Morgan fingerprint density at radius 2 is 1.91 bits per heavy atom. The van der Waals surface area contributed by atoms with Crippen molar-refractivity contribution >= 4 is 23.7 Å². The number of hydrogen-bond acceptors (Lipinski definition) is 6. The molecule has 1 aromatic carbocycles. The molecule has 3 rings (SSSR count). The smallest absolute Gasteiger partial charge is 0.326 e. The van der Waals surface area contributed by atoms with Crippen molar-refractivity contribution in [1.82, 2.24) is 25.5 Å². The molecule has 3 amide bonds. The van der Waals surface area contributed by atoms with E-state index < -0.39 is 47.9 Å². The van der Waals surface area contributed by atoms with Gasteiger partial charge in [-0.25, -0.2) is 9.78 Å². The van der Waals surface area contributed by atoms with Gasteiger partial charge in [-0.15, -0.1) is 0 Å². The number of rotatable bonds is 10. The number of hydrogen-bond donors (Lipinski definition) is 5. The number of aromatic amines is 1. The number of benzene rings is 1. The SMILES string of the molecule is CC(N)C(=O)NC(Cc1ccccc1)C(=O)N1CCCC1C(=O)NC(Cc1cnc[nH]1)C(=O)O. The molecule has 0 bridgehead atoms. The molecule has 1 aliphatic heterocycles. The molecule has 182 valence electrons. The van der Waals surface area contributed by atoms with Gasteiger partial charge in [0, 0.05) is 31.3 Å². The first-order chi connectivity index (χ1) is 16.3. The number of carboxylic acids is 1. The third-order valence-electron chi connectivity index (χ3n) is 5.74. The van der Waals surface area contributed by atoms with E-state index in [0.29, 0.717) is 25.1 Å². The van der Waals surface area contributed by atoms with Gasteiger partial charge in [0.1, 0.15) is 18.1 Å². The molecule has 1 saturated heterocycles. The number of H-pyrrole nitrogens is 1. The predicted molar refractivity (Wildman–Crippen MR) is 122 cm³/mol. The fourth-order valence-electron chi connectivity index (χ4n) is 3.94. The monoisotopic (exact) mass is 470 g/mol. The number of carbonyl (C=O) groups is 4. The van der Waals surface area contributed by atoms with Crippen molar-refractivity contribution in [1.29, 1.82) is 0 Å². The van der Waals surface area contributed by atoms with E-state index in [0.717, 1.165) is 5.56 Å². The Morgan fingerprint density at radius 3 is 2.53 bits per heavy atom. The Balaban J connectivity index is 1.74. The Labute approximate surface area is 197 Å². The van der Waals surface area contributed by atoms with Gasteiger partial charge in [-0.1, -0.05) is 30.3 Å². The van der Waals surface area contributed by atoms with Crippen LogP contribution >= 0.6 is 0 Å². The molecule has 1 aliphatic rings. The quantitative estimate of drug-likeness (QED) is 0.314. The van der Waals surface area contributed by atoms with Crippen LogP contribution in [0.3, 0.4) is 0 Å². The number of likely N-dealkylation sites (tertiary alicyclic amines) is 1. The Morgan fingerprint density at radius 1 is 1.18 bits per heavy atom. The minimum absolute atomic E-state index is 0.0306. The molecule has 1 aromatic heterocycles. The Hall–Kier alpha value is -3.73. The number of carboxylic acid groups (broad SMARTS) is 1. The lowest BCUT2D eigenvalue weighted by molar-refractivity contribution is -0.144. The van der Waals surface area contributed by atoms with E-state index in [-0.39, 0.29) is 12.8 Å². The summed E-state index contributed by atoms with van der Waals surface area (Å²) >= 11 is 0. The molecule has 0 aliphatic carbocycles. The first kappa shape index (κ1) is 24.9. The number of nitrogens with zero attached hydrogens (tertiary/aromatic N) is 2. The van der Waals surface area contributed by atoms with Crippen LogP contribution in [-0.2, 0) is 32.0 Å².